The average molecular weight is 416 g/mol. The lowest BCUT2D eigenvalue weighted by Crippen LogP contribution is -2.29. The third-order valence-electron chi connectivity index (χ3n) is 4.30. The van der Waals surface area contributed by atoms with Crippen molar-refractivity contribution in [1.82, 2.24) is 10.2 Å². The third kappa shape index (κ3) is 3.06. The summed E-state index contributed by atoms with van der Waals surface area (Å²) < 4.78 is 13.2. The molecule has 0 spiro atoms. The van der Waals surface area contributed by atoms with Crippen LogP contribution in [0.4, 0.5) is 9.52 Å². The molecular formula is C19H11ClFN3O3S. The molecule has 1 N–H and O–H groups in total. The monoisotopic (exact) mass is 415 g/mol. The van der Waals surface area contributed by atoms with Crippen LogP contribution in [0.1, 0.15) is 17.2 Å². The van der Waals surface area contributed by atoms with Crippen LogP contribution in [0.25, 0.3) is 5.76 Å². The Bertz CT molecular complexity index is 1080. The number of aliphatic hydroxyl groups is 1. The van der Waals surface area contributed by atoms with Crippen LogP contribution in [0.2, 0.25) is 5.02 Å². The highest BCUT2D eigenvalue weighted by atomic mass is 35.5. The number of halogens is 2. The van der Waals surface area contributed by atoms with Gasteiger partial charge in [-0.25, -0.2) is 4.39 Å². The SMILES string of the molecule is O=C1C(=O)N(c2nncs2)C(c2ccc(Cl)cc2)/C1=C(\O)c1ccc(F)cc1. The van der Waals surface area contributed by atoms with Gasteiger partial charge in [-0.15, -0.1) is 10.2 Å². The summed E-state index contributed by atoms with van der Waals surface area (Å²) in [5.41, 5.74) is 2.10. The summed E-state index contributed by atoms with van der Waals surface area (Å²) in [6.45, 7) is 0. The predicted octanol–water partition coefficient (Wildman–Crippen LogP) is 3.96. The number of aromatic nitrogens is 2. The van der Waals surface area contributed by atoms with E-state index < -0.39 is 29.3 Å². The van der Waals surface area contributed by atoms with E-state index in [9.17, 15) is 19.1 Å². The number of hydrogen-bond donors (Lipinski definition) is 1. The fourth-order valence-electron chi connectivity index (χ4n) is 3.03. The Kier molecular flexibility index (Phi) is 4.66. The number of nitrogens with zero attached hydrogens (tertiary/aromatic N) is 3. The van der Waals surface area contributed by atoms with Crippen LogP contribution in [0.5, 0.6) is 0 Å². The summed E-state index contributed by atoms with van der Waals surface area (Å²) in [5.74, 6) is -2.58. The molecule has 2 aromatic carbocycles. The molecule has 1 aliphatic heterocycles. The molecule has 0 bridgehead atoms. The van der Waals surface area contributed by atoms with Gasteiger partial charge in [0.15, 0.2) is 0 Å². The topological polar surface area (TPSA) is 83.4 Å². The molecule has 1 fully saturated rings. The lowest BCUT2D eigenvalue weighted by atomic mass is 9.95. The van der Waals surface area contributed by atoms with Crippen LogP contribution < -0.4 is 4.90 Å². The number of carbonyl (C=O) groups is 2. The van der Waals surface area contributed by atoms with Gasteiger partial charge in [0.1, 0.15) is 17.1 Å². The first kappa shape index (κ1) is 18.3. The molecule has 6 nitrogen and oxygen atoms in total. The van der Waals surface area contributed by atoms with Crippen LogP contribution in [-0.4, -0.2) is 27.0 Å². The number of carbonyl (C=O) groups excluding carboxylic acids is 2. The smallest absolute Gasteiger partial charge is 0.301 e. The van der Waals surface area contributed by atoms with Gasteiger partial charge in [0.2, 0.25) is 5.13 Å². The van der Waals surface area contributed by atoms with Gasteiger partial charge in [0.25, 0.3) is 5.78 Å². The molecule has 2 heterocycles. The number of benzene rings is 2. The number of rotatable bonds is 3. The molecule has 1 aromatic heterocycles. The number of amides is 1. The summed E-state index contributed by atoms with van der Waals surface area (Å²) in [4.78, 5) is 26.7. The predicted molar refractivity (Wildman–Crippen MR) is 103 cm³/mol. The number of ketones is 1. The van der Waals surface area contributed by atoms with Crippen molar-refractivity contribution in [2.75, 3.05) is 4.90 Å². The van der Waals surface area contributed by atoms with E-state index in [0.717, 1.165) is 23.5 Å². The highest BCUT2D eigenvalue weighted by molar-refractivity contribution is 7.13. The van der Waals surface area contributed by atoms with E-state index in [0.29, 0.717) is 10.6 Å². The van der Waals surface area contributed by atoms with Crippen molar-refractivity contribution < 1.29 is 19.1 Å². The van der Waals surface area contributed by atoms with E-state index in [1.807, 2.05) is 0 Å². The molecule has 9 heteroatoms. The minimum Gasteiger partial charge on any atom is -0.507 e. The second-order valence-corrected chi connectivity index (χ2v) is 7.20. The van der Waals surface area contributed by atoms with Crippen LogP contribution in [0.3, 0.4) is 0 Å². The zero-order valence-electron chi connectivity index (χ0n) is 14.0. The van der Waals surface area contributed by atoms with Crippen molar-refractivity contribution in [3.63, 3.8) is 0 Å². The Morgan fingerprint density at radius 2 is 1.79 bits per heavy atom. The van der Waals surface area contributed by atoms with Crippen molar-refractivity contribution in [1.29, 1.82) is 0 Å². The van der Waals surface area contributed by atoms with E-state index in [4.69, 9.17) is 11.6 Å². The average Bonchev–Trinajstić information content (AvgIpc) is 3.30. The molecule has 140 valence electrons. The lowest BCUT2D eigenvalue weighted by Gasteiger charge is -2.22. The number of aliphatic hydroxyl groups excluding tert-OH is 1. The largest absolute Gasteiger partial charge is 0.507 e. The van der Waals surface area contributed by atoms with Gasteiger partial charge >= 0.3 is 5.91 Å². The molecule has 1 atom stereocenters. The van der Waals surface area contributed by atoms with E-state index in [1.165, 1.54) is 22.5 Å². The fraction of sp³-hybridized carbons (Fsp3) is 0.0526. The first-order chi connectivity index (χ1) is 13.5. The van der Waals surface area contributed by atoms with Gasteiger partial charge in [0.05, 0.1) is 11.6 Å². The van der Waals surface area contributed by atoms with Gasteiger partial charge in [-0.1, -0.05) is 35.1 Å². The van der Waals surface area contributed by atoms with Crippen molar-refractivity contribution in [3.8, 4) is 0 Å². The summed E-state index contributed by atoms with van der Waals surface area (Å²) in [5, 5.41) is 19.1. The molecule has 1 aliphatic rings. The Balaban J connectivity index is 1.93. The van der Waals surface area contributed by atoms with Gasteiger partial charge in [-0.2, -0.15) is 0 Å². The van der Waals surface area contributed by atoms with Crippen molar-refractivity contribution in [3.05, 3.63) is 81.6 Å². The molecule has 0 aliphatic carbocycles. The molecule has 1 saturated heterocycles. The second-order valence-electron chi connectivity index (χ2n) is 5.95. The first-order valence-corrected chi connectivity index (χ1v) is 9.31. The van der Waals surface area contributed by atoms with Gasteiger partial charge in [0, 0.05) is 10.6 Å². The second kappa shape index (κ2) is 7.14. The molecule has 3 aromatic rings. The number of hydrogen-bond acceptors (Lipinski definition) is 6. The molecule has 4 rings (SSSR count). The summed E-state index contributed by atoms with van der Waals surface area (Å²) in [7, 11) is 0. The van der Waals surface area contributed by atoms with Crippen molar-refractivity contribution in [2.24, 2.45) is 0 Å². The van der Waals surface area contributed by atoms with Crippen molar-refractivity contribution >= 4 is 45.5 Å². The van der Waals surface area contributed by atoms with Gasteiger partial charge in [-0.3, -0.25) is 14.5 Å². The molecule has 1 amide bonds. The summed E-state index contributed by atoms with van der Waals surface area (Å²) in [6, 6.07) is 10.6. The quantitative estimate of drug-likeness (QED) is 0.397. The van der Waals surface area contributed by atoms with E-state index in [1.54, 1.807) is 24.3 Å². The van der Waals surface area contributed by atoms with Gasteiger partial charge < -0.3 is 5.11 Å². The maximum Gasteiger partial charge on any atom is 0.301 e. The Morgan fingerprint density at radius 3 is 2.39 bits per heavy atom. The zero-order valence-corrected chi connectivity index (χ0v) is 15.6. The molecular weight excluding hydrogens is 405 g/mol. The Labute approximate surface area is 167 Å². The minimum absolute atomic E-state index is 0.117. The maximum atomic E-state index is 13.2. The highest BCUT2D eigenvalue weighted by Gasteiger charge is 2.48. The Morgan fingerprint density at radius 1 is 1.11 bits per heavy atom. The third-order valence-corrected chi connectivity index (χ3v) is 5.24. The van der Waals surface area contributed by atoms with Gasteiger partial charge in [-0.05, 0) is 42.0 Å². The zero-order chi connectivity index (χ0) is 19.8. The van der Waals surface area contributed by atoms with Crippen LogP contribution in [0, 0.1) is 5.82 Å². The number of Topliss-reactive ketones (excluding diaryl/α,β-unsaturated/α-hetero) is 1. The van der Waals surface area contributed by atoms with E-state index in [-0.39, 0.29) is 16.3 Å². The summed E-state index contributed by atoms with van der Waals surface area (Å²) in [6.07, 6.45) is 0. The minimum atomic E-state index is -0.921. The molecule has 0 saturated carbocycles. The summed E-state index contributed by atoms with van der Waals surface area (Å²) >= 11 is 7.05. The molecule has 0 radical (unpaired) electrons. The fourth-order valence-corrected chi connectivity index (χ4v) is 3.74. The van der Waals surface area contributed by atoms with Crippen molar-refractivity contribution in [2.45, 2.75) is 6.04 Å². The lowest BCUT2D eigenvalue weighted by molar-refractivity contribution is -0.132. The maximum absolute atomic E-state index is 13.2. The molecule has 1 unspecified atom stereocenters. The van der Waals surface area contributed by atoms with Crippen LogP contribution >= 0.6 is 22.9 Å². The van der Waals surface area contributed by atoms with Crippen LogP contribution in [-0.2, 0) is 9.59 Å². The van der Waals surface area contributed by atoms with E-state index >= 15 is 0 Å². The Hall–Kier alpha value is -3.10. The normalized spacial score (nSPS) is 18.6. The number of anilines is 1. The highest BCUT2D eigenvalue weighted by Crippen LogP contribution is 2.42. The molecule has 28 heavy (non-hydrogen) atoms. The van der Waals surface area contributed by atoms with Crippen LogP contribution in [0.15, 0.2) is 59.6 Å². The standard InChI is InChI=1S/C19H11ClFN3O3S/c20-12-5-1-10(2-6-12)15-14(16(25)11-3-7-13(21)8-4-11)17(26)18(27)24(15)19-23-22-9-28-19/h1-9,15,25H/b16-14+. The first-order valence-electron chi connectivity index (χ1n) is 8.06. The van der Waals surface area contributed by atoms with E-state index in [2.05, 4.69) is 10.2 Å².